The predicted octanol–water partition coefficient (Wildman–Crippen LogP) is 4.87. The van der Waals surface area contributed by atoms with Gasteiger partial charge in [-0.1, -0.05) is 65.7 Å². The van der Waals surface area contributed by atoms with E-state index in [1.54, 1.807) is 10.6 Å². The quantitative estimate of drug-likeness (QED) is 0.561. The first kappa shape index (κ1) is 18.2. The van der Waals surface area contributed by atoms with E-state index in [-0.39, 0.29) is 11.6 Å². The summed E-state index contributed by atoms with van der Waals surface area (Å²) in [6, 6.07) is 24.2. The maximum Gasteiger partial charge on any atom is 0.251 e. The summed E-state index contributed by atoms with van der Waals surface area (Å²) in [5, 5.41) is 1.03. The first-order valence-electron chi connectivity index (χ1n) is 9.47. The lowest BCUT2D eigenvalue weighted by molar-refractivity contribution is 0.868. The molecule has 0 saturated carbocycles. The van der Waals surface area contributed by atoms with Crippen molar-refractivity contribution >= 4 is 10.9 Å². The van der Waals surface area contributed by atoms with Gasteiger partial charge in [0.15, 0.2) is 0 Å². The highest BCUT2D eigenvalue weighted by atomic mass is 16.1. The zero-order valence-electron chi connectivity index (χ0n) is 16.4. The van der Waals surface area contributed by atoms with Crippen LogP contribution in [-0.4, -0.2) is 4.57 Å². The summed E-state index contributed by atoms with van der Waals surface area (Å²) in [5.74, 6) is 0. The van der Waals surface area contributed by atoms with Crippen LogP contribution in [0.25, 0.3) is 22.0 Å². The summed E-state index contributed by atoms with van der Waals surface area (Å²) in [7, 11) is 1.81. The van der Waals surface area contributed by atoms with E-state index in [0.717, 1.165) is 33.2 Å². The van der Waals surface area contributed by atoms with Gasteiger partial charge in [-0.15, -0.1) is 0 Å². The van der Waals surface area contributed by atoms with Crippen molar-refractivity contribution in [2.24, 2.45) is 12.8 Å². The van der Waals surface area contributed by atoms with E-state index in [1.165, 1.54) is 11.1 Å². The molecule has 0 saturated heterocycles. The third-order valence-corrected chi connectivity index (χ3v) is 5.40. The fraction of sp³-hybridized carbons (Fsp3) is 0.160. The second kappa shape index (κ2) is 7.10. The van der Waals surface area contributed by atoms with Crippen LogP contribution in [-0.2, 0) is 7.05 Å². The molecule has 1 atom stereocenters. The van der Waals surface area contributed by atoms with Gasteiger partial charge in [-0.05, 0) is 48.2 Å². The molecule has 0 aliphatic carbocycles. The van der Waals surface area contributed by atoms with Gasteiger partial charge in [0.1, 0.15) is 0 Å². The maximum atomic E-state index is 12.5. The average Bonchev–Trinajstić information content (AvgIpc) is 2.70. The first-order valence-corrected chi connectivity index (χ1v) is 9.47. The van der Waals surface area contributed by atoms with Gasteiger partial charge in [0, 0.05) is 18.5 Å². The highest BCUT2D eigenvalue weighted by molar-refractivity contribution is 5.95. The molecule has 0 aliphatic heterocycles. The van der Waals surface area contributed by atoms with E-state index in [2.05, 4.69) is 56.3 Å². The topological polar surface area (TPSA) is 48.0 Å². The standard InChI is InChI=1S/C25H24N2O/c1-16-7-9-18(10-8-16)25(26)20-11-12-23-22(14-20)21(15-24(28)27(23)3)19-6-4-5-17(2)13-19/h4-15,25H,26H2,1-3H3/t25-/m1/s1. The van der Waals surface area contributed by atoms with Crippen LogP contribution < -0.4 is 11.3 Å². The van der Waals surface area contributed by atoms with Crippen molar-refractivity contribution < 1.29 is 0 Å². The minimum atomic E-state index is -0.215. The van der Waals surface area contributed by atoms with Gasteiger partial charge in [0.05, 0.1) is 11.6 Å². The molecule has 4 aromatic rings. The molecule has 4 rings (SSSR count). The van der Waals surface area contributed by atoms with Gasteiger partial charge in [-0.25, -0.2) is 0 Å². The van der Waals surface area contributed by atoms with Gasteiger partial charge in [-0.3, -0.25) is 4.79 Å². The molecule has 1 aromatic heterocycles. The largest absolute Gasteiger partial charge is 0.320 e. The lowest BCUT2D eigenvalue weighted by atomic mass is 9.94. The Morgan fingerprint density at radius 1 is 0.821 bits per heavy atom. The van der Waals surface area contributed by atoms with Crippen LogP contribution in [0.1, 0.15) is 28.3 Å². The molecule has 3 heteroatoms. The van der Waals surface area contributed by atoms with E-state index in [9.17, 15) is 4.79 Å². The molecule has 3 aromatic carbocycles. The molecule has 0 unspecified atom stereocenters. The first-order chi connectivity index (χ1) is 13.4. The number of hydrogen-bond acceptors (Lipinski definition) is 2. The number of pyridine rings is 1. The van der Waals surface area contributed by atoms with E-state index < -0.39 is 0 Å². The van der Waals surface area contributed by atoms with Crippen molar-refractivity contribution in [2.45, 2.75) is 19.9 Å². The summed E-state index contributed by atoms with van der Waals surface area (Å²) >= 11 is 0. The van der Waals surface area contributed by atoms with Crippen molar-refractivity contribution in [1.29, 1.82) is 0 Å². The van der Waals surface area contributed by atoms with Crippen LogP contribution >= 0.6 is 0 Å². The minimum absolute atomic E-state index is 0.0143. The van der Waals surface area contributed by atoms with Crippen molar-refractivity contribution in [1.82, 2.24) is 4.57 Å². The Balaban J connectivity index is 1.92. The van der Waals surface area contributed by atoms with Gasteiger partial charge in [-0.2, -0.15) is 0 Å². The van der Waals surface area contributed by atoms with E-state index >= 15 is 0 Å². The van der Waals surface area contributed by atoms with Crippen molar-refractivity contribution in [3.63, 3.8) is 0 Å². The zero-order valence-corrected chi connectivity index (χ0v) is 16.4. The second-order valence-corrected chi connectivity index (χ2v) is 7.49. The molecule has 1 heterocycles. The van der Waals surface area contributed by atoms with Crippen LogP contribution in [0.3, 0.4) is 0 Å². The van der Waals surface area contributed by atoms with Crippen LogP contribution in [0.5, 0.6) is 0 Å². The molecule has 0 bridgehead atoms. The Kier molecular flexibility index (Phi) is 4.62. The molecule has 0 radical (unpaired) electrons. The number of hydrogen-bond donors (Lipinski definition) is 1. The summed E-state index contributed by atoms with van der Waals surface area (Å²) in [5.41, 5.74) is 13.9. The lowest BCUT2D eigenvalue weighted by Crippen LogP contribution is -2.17. The number of nitrogens with zero attached hydrogens (tertiary/aromatic N) is 1. The van der Waals surface area contributed by atoms with Gasteiger partial charge >= 0.3 is 0 Å². The molecule has 140 valence electrons. The van der Waals surface area contributed by atoms with Crippen LogP contribution in [0, 0.1) is 13.8 Å². The van der Waals surface area contributed by atoms with Gasteiger partial charge in [0.25, 0.3) is 5.56 Å². The summed E-state index contributed by atoms with van der Waals surface area (Å²) in [6.45, 7) is 4.13. The molecular weight excluding hydrogens is 344 g/mol. The van der Waals surface area contributed by atoms with Gasteiger partial charge in [0.2, 0.25) is 0 Å². The Morgan fingerprint density at radius 2 is 1.54 bits per heavy atom. The fourth-order valence-corrected chi connectivity index (χ4v) is 3.69. The summed E-state index contributed by atoms with van der Waals surface area (Å²) < 4.78 is 1.69. The molecule has 28 heavy (non-hydrogen) atoms. The van der Waals surface area contributed by atoms with Crippen molar-refractivity contribution in [3.8, 4) is 11.1 Å². The molecule has 2 N–H and O–H groups in total. The Hall–Kier alpha value is -3.17. The van der Waals surface area contributed by atoms with E-state index in [0.29, 0.717) is 0 Å². The number of nitrogens with two attached hydrogens (primary N) is 1. The van der Waals surface area contributed by atoms with Crippen LogP contribution in [0.15, 0.2) is 77.6 Å². The monoisotopic (exact) mass is 368 g/mol. The van der Waals surface area contributed by atoms with Crippen molar-refractivity contribution in [3.05, 3.63) is 105 Å². The van der Waals surface area contributed by atoms with Crippen molar-refractivity contribution in [2.75, 3.05) is 0 Å². The highest BCUT2D eigenvalue weighted by Gasteiger charge is 2.14. The normalized spacial score (nSPS) is 12.3. The second-order valence-electron chi connectivity index (χ2n) is 7.49. The summed E-state index contributed by atoms with van der Waals surface area (Å²) in [4.78, 5) is 12.5. The van der Waals surface area contributed by atoms with Gasteiger partial charge < -0.3 is 10.3 Å². The average molecular weight is 368 g/mol. The van der Waals surface area contributed by atoms with Crippen LogP contribution in [0.4, 0.5) is 0 Å². The Bertz CT molecular complexity index is 1220. The highest BCUT2D eigenvalue weighted by Crippen LogP contribution is 2.31. The smallest absolute Gasteiger partial charge is 0.251 e. The number of benzene rings is 3. The number of aryl methyl sites for hydroxylation is 3. The van der Waals surface area contributed by atoms with E-state index in [1.807, 2.05) is 31.3 Å². The molecule has 3 nitrogen and oxygen atoms in total. The number of rotatable bonds is 3. The predicted molar refractivity (Wildman–Crippen MR) is 117 cm³/mol. The third kappa shape index (κ3) is 3.25. The number of fused-ring (bicyclic) bond motifs is 1. The molecular formula is C25H24N2O. The van der Waals surface area contributed by atoms with Crippen LogP contribution in [0.2, 0.25) is 0 Å². The number of aromatic nitrogens is 1. The fourth-order valence-electron chi connectivity index (χ4n) is 3.69. The Labute approximate surface area is 165 Å². The maximum absolute atomic E-state index is 12.5. The SMILES string of the molecule is Cc1ccc([C@@H](N)c2ccc3c(c2)c(-c2cccc(C)c2)cc(=O)n3C)cc1. The van der Waals surface area contributed by atoms with E-state index in [4.69, 9.17) is 5.73 Å². The molecule has 0 fully saturated rings. The molecule has 0 spiro atoms. The Morgan fingerprint density at radius 3 is 2.25 bits per heavy atom. The molecule has 0 aliphatic rings. The zero-order chi connectivity index (χ0) is 19.8. The third-order valence-electron chi connectivity index (χ3n) is 5.40. The lowest BCUT2D eigenvalue weighted by Gasteiger charge is -2.16. The molecule has 0 amide bonds. The summed E-state index contributed by atoms with van der Waals surface area (Å²) in [6.07, 6.45) is 0. The minimum Gasteiger partial charge on any atom is -0.320 e.